The van der Waals surface area contributed by atoms with E-state index in [9.17, 15) is 4.39 Å². The van der Waals surface area contributed by atoms with Crippen LogP contribution in [0.1, 0.15) is 22.9 Å². The summed E-state index contributed by atoms with van der Waals surface area (Å²) < 4.78 is 13.0. The van der Waals surface area contributed by atoms with Gasteiger partial charge in [-0.05, 0) is 40.3 Å². The lowest BCUT2D eigenvalue weighted by Gasteiger charge is -2.11. The third-order valence-corrected chi connectivity index (χ3v) is 4.97. The summed E-state index contributed by atoms with van der Waals surface area (Å²) in [5.41, 5.74) is 7.67. The van der Waals surface area contributed by atoms with Crippen molar-refractivity contribution in [3.8, 4) is 11.1 Å². The van der Waals surface area contributed by atoms with E-state index in [0.29, 0.717) is 0 Å². The van der Waals surface area contributed by atoms with Gasteiger partial charge in [0.15, 0.2) is 0 Å². The van der Waals surface area contributed by atoms with E-state index in [1.165, 1.54) is 22.6 Å². The molecule has 0 spiro atoms. The van der Waals surface area contributed by atoms with Gasteiger partial charge in [-0.25, -0.2) is 4.39 Å². The number of thiophene rings is 1. The summed E-state index contributed by atoms with van der Waals surface area (Å²) in [4.78, 5) is 1.22. The molecule has 114 valence electrons. The fourth-order valence-corrected chi connectivity index (χ4v) is 3.51. The molecule has 0 bridgehead atoms. The van der Waals surface area contributed by atoms with Gasteiger partial charge < -0.3 is 5.43 Å². The molecule has 0 saturated carbocycles. The van der Waals surface area contributed by atoms with Crippen molar-refractivity contribution in [2.24, 2.45) is 5.10 Å². The van der Waals surface area contributed by atoms with Crippen LogP contribution in [0.4, 0.5) is 4.39 Å². The molecule has 0 fully saturated rings. The lowest BCUT2D eigenvalue weighted by Crippen LogP contribution is -2.09. The van der Waals surface area contributed by atoms with Crippen molar-refractivity contribution in [3.63, 3.8) is 0 Å². The molecule has 2 aromatic carbocycles. The van der Waals surface area contributed by atoms with Crippen molar-refractivity contribution in [1.82, 2.24) is 5.43 Å². The predicted octanol–water partition coefficient (Wildman–Crippen LogP) is 4.99. The molecule has 1 atom stereocenters. The molecule has 2 heterocycles. The van der Waals surface area contributed by atoms with E-state index in [4.69, 9.17) is 0 Å². The van der Waals surface area contributed by atoms with Gasteiger partial charge in [0.05, 0.1) is 16.6 Å². The van der Waals surface area contributed by atoms with Gasteiger partial charge in [-0.15, -0.1) is 11.3 Å². The lowest BCUT2D eigenvalue weighted by molar-refractivity contribution is 0.620. The van der Waals surface area contributed by atoms with Gasteiger partial charge in [0.2, 0.25) is 0 Å². The number of benzene rings is 2. The summed E-state index contributed by atoms with van der Waals surface area (Å²) in [6.07, 6.45) is 0.899. The lowest BCUT2D eigenvalue weighted by atomic mass is 9.98. The third kappa shape index (κ3) is 2.90. The molecule has 0 radical (unpaired) electrons. The first-order valence-corrected chi connectivity index (χ1v) is 8.39. The van der Waals surface area contributed by atoms with E-state index in [0.717, 1.165) is 23.3 Å². The number of nitrogens with one attached hydrogen (secondary N) is 1. The molecule has 1 N–H and O–H groups in total. The number of hydrazone groups is 1. The number of halogens is 1. The number of hydrogen-bond donors (Lipinski definition) is 1. The minimum absolute atomic E-state index is 0.209. The van der Waals surface area contributed by atoms with Crippen LogP contribution in [0.25, 0.3) is 11.1 Å². The zero-order valence-corrected chi connectivity index (χ0v) is 13.2. The fourth-order valence-electron chi connectivity index (χ4n) is 2.78. The molecule has 0 aliphatic carbocycles. The van der Waals surface area contributed by atoms with Crippen molar-refractivity contribution in [2.45, 2.75) is 12.5 Å². The maximum atomic E-state index is 13.0. The Morgan fingerprint density at radius 2 is 1.65 bits per heavy atom. The molecule has 3 aromatic rings. The van der Waals surface area contributed by atoms with Crippen molar-refractivity contribution in [3.05, 3.63) is 82.3 Å². The van der Waals surface area contributed by atoms with Crippen LogP contribution < -0.4 is 5.43 Å². The number of nitrogens with zero attached hydrogens (tertiary/aromatic N) is 1. The molecule has 1 aliphatic rings. The summed E-state index contributed by atoms with van der Waals surface area (Å²) in [7, 11) is 0. The quantitative estimate of drug-likeness (QED) is 0.721. The normalized spacial score (nSPS) is 16.9. The standard InChI is InChI=1S/C19H15FN2S/c20-16-9-7-14(8-10-16)13-3-5-15(6-4-13)17-12-18(22-21-17)19-2-1-11-23-19/h1-11,17,21H,12H2. The Kier molecular flexibility index (Phi) is 3.67. The Morgan fingerprint density at radius 1 is 0.957 bits per heavy atom. The first kappa shape index (κ1) is 14.2. The molecule has 2 nitrogen and oxygen atoms in total. The average molecular weight is 322 g/mol. The maximum Gasteiger partial charge on any atom is 0.123 e. The highest BCUT2D eigenvalue weighted by molar-refractivity contribution is 7.12. The van der Waals surface area contributed by atoms with Crippen LogP contribution in [0, 0.1) is 5.82 Å². The zero-order chi connectivity index (χ0) is 15.6. The third-order valence-electron chi connectivity index (χ3n) is 4.05. The van der Waals surface area contributed by atoms with Gasteiger partial charge in [0.25, 0.3) is 0 Å². The Balaban J connectivity index is 1.50. The molecule has 1 aromatic heterocycles. The van der Waals surface area contributed by atoms with E-state index < -0.39 is 0 Å². The van der Waals surface area contributed by atoms with Crippen LogP contribution in [-0.2, 0) is 0 Å². The molecule has 1 aliphatic heterocycles. The van der Waals surface area contributed by atoms with Crippen LogP contribution >= 0.6 is 11.3 Å². The molecule has 4 rings (SSSR count). The number of rotatable bonds is 3. The van der Waals surface area contributed by atoms with Crippen molar-refractivity contribution in [2.75, 3.05) is 0 Å². The summed E-state index contributed by atoms with van der Waals surface area (Å²) >= 11 is 1.72. The highest BCUT2D eigenvalue weighted by Crippen LogP contribution is 2.28. The van der Waals surface area contributed by atoms with Crippen LogP contribution in [0.2, 0.25) is 0 Å². The summed E-state index contributed by atoms with van der Waals surface area (Å²) in [5.74, 6) is -0.209. The Morgan fingerprint density at radius 3 is 2.30 bits per heavy atom. The van der Waals surface area contributed by atoms with Gasteiger partial charge >= 0.3 is 0 Å². The van der Waals surface area contributed by atoms with E-state index in [2.05, 4.69) is 46.2 Å². The van der Waals surface area contributed by atoms with Crippen LogP contribution in [0.15, 0.2) is 71.1 Å². The second-order valence-electron chi connectivity index (χ2n) is 5.55. The molecule has 0 amide bonds. The van der Waals surface area contributed by atoms with E-state index in [1.54, 1.807) is 23.5 Å². The second kappa shape index (κ2) is 5.97. The van der Waals surface area contributed by atoms with E-state index in [-0.39, 0.29) is 11.9 Å². The van der Waals surface area contributed by atoms with Crippen LogP contribution in [0.5, 0.6) is 0 Å². The van der Waals surface area contributed by atoms with Gasteiger partial charge in [0.1, 0.15) is 5.82 Å². The minimum atomic E-state index is -0.209. The van der Waals surface area contributed by atoms with Gasteiger partial charge in [-0.3, -0.25) is 0 Å². The maximum absolute atomic E-state index is 13.0. The fraction of sp³-hybridized carbons (Fsp3) is 0.105. The molecule has 4 heteroatoms. The van der Waals surface area contributed by atoms with Gasteiger partial charge in [0, 0.05) is 6.42 Å². The highest BCUT2D eigenvalue weighted by Gasteiger charge is 2.21. The van der Waals surface area contributed by atoms with Crippen LogP contribution in [-0.4, -0.2) is 5.71 Å². The minimum Gasteiger partial charge on any atom is -0.302 e. The Hall–Kier alpha value is -2.46. The van der Waals surface area contributed by atoms with Crippen molar-refractivity contribution in [1.29, 1.82) is 0 Å². The molecular formula is C19H15FN2S. The van der Waals surface area contributed by atoms with E-state index in [1.807, 2.05) is 6.07 Å². The van der Waals surface area contributed by atoms with Crippen molar-refractivity contribution < 1.29 is 4.39 Å². The molecule has 1 unspecified atom stereocenters. The highest BCUT2D eigenvalue weighted by atomic mass is 32.1. The first-order valence-electron chi connectivity index (χ1n) is 7.51. The Labute approximate surface area is 138 Å². The largest absolute Gasteiger partial charge is 0.302 e. The van der Waals surface area contributed by atoms with Crippen LogP contribution in [0.3, 0.4) is 0 Å². The Bertz CT molecular complexity index is 821. The topological polar surface area (TPSA) is 24.4 Å². The van der Waals surface area contributed by atoms with Crippen molar-refractivity contribution >= 4 is 17.0 Å². The zero-order valence-electron chi connectivity index (χ0n) is 12.4. The molecular weight excluding hydrogens is 307 g/mol. The van der Waals surface area contributed by atoms with Gasteiger partial charge in [-0.1, -0.05) is 42.5 Å². The summed E-state index contributed by atoms with van der Waals surface area (Å²) in [6.45, 7) is 0. The summed E-state index contributed by atoms with van der Waals surface area (Å²) in [6, 6.07) is 19.3. The average Bonchev–Trinajstić information content (AvgIpc) is 3.27. The predicted molar refractivity (Wildman–Crippen MR) is 93.2 cm³/mol. The smallest absolute Gasteiger partial charge is 0.123 e. The summed E-state index contributed by atoms with van der Waals surface area (Å²) in [5, 5.41) is 6.53. The SMILES string of the molecule is Fc1ccc(-c2ccc(C3CC(c4cccs4)=NN3)cc2)cc1. The van der Waals surface area contributed by atoms with E-state index >= 15 is 0 Å². The first-order chi connectivity index (χ1) is 11.3. The monoisotopic (exact) mass is 322 g/mol. The molecule has 0 saturated heterocycles. The second-order valence-corrected chi connectivity index (χ2v) is 6.50. The molecule has 23 heavy (non-hydrogen) atoms. The number of hydrogen-bond acceptors (Lipinski definition) is 3. The van der Waals surface area contributed by atoms with Gasteiger partial charge in [-0.2, -0.15) is 5.10 Å².